The van der Waals surface area contributed by atoms with Gasteiger partial charge in [-0.3, -0.25) is 4.90 Å². The van der Waals surface area contributed by atoms with Crippen molar-refractivity contribution in [1.82, 2.24) is 29.6 Å². The fourth-order valence-electron chi connectivity index (χ4n) is 6.56. The summed E-state index contributed by atoms with van der Waals surface area (Å²) in [6.07, 6.45) is 7.10. The zero-order chi connectivity index (χ0) is 25.1. The summed E-state index contributed by atoms with van der Waals surface area (Å²) in [7, 11) is 0. The monoisotopic (exact) mass is 519 g/mol. The lowest BCUT2D eigenvalue weighted by Gasteiger charge is -2.41. The summed E-state index contributed by atoms with van der Waals surface area (Å²) in [6.45, 7) is 5.73. The molecular weight excluding hydrogens is 489 g/mol. The fourth-order valence-corrected chi connectivity index (χ4v) is 7.54. The molecule has 0 spiro atoms. The SMILES string of the molecule is Cc1csc2c(-n3nc(Nc4ccc(N5CCN([C@H]6C[C@@H]7CC[C@H]6C7)CC5)c(F)c4)nc3N)ncnc12. The highest BCUT2D eigenvalue weighted by Gasteiger charge is 2.42. The smallest absolute Gasteiger partial charge is 0.248 e. The molecule has 1 aliphatic heterocycles. The Morgan fingerprint density at radius 3 is 2.73 bits per heavy atom. The summed E-state index contributed by atoms with van der Waals surface area (Å²) in [5, 5.41) is 9.60. The highest BCUT2D eigenvalue weighted by Crippen LogP contribution is 2.46. The molecule has 1 aromatic carbocycles. The lowest BCUT2D eigenvalue weighted by molar-refractivity contribution is 0.134. The van der Waals surface area contributed by atoms with Crippen LogP contribution in [0.1, 0.15) is 31.2 Å². The zero-order valence-corrected chi connectivity index (χ0v) is 21.6. The summed E-state index contributed by atoms with van der Waals surface area (Å²) in [5.41, 5.74) is 9.32. The van der Waals surface area contributed by atoms with Crippen molar-refractivity contribution in [3.63, 3.8) is 0 Å². The van der Waals surface area contributed by atoms with Crippen molar-refractivity contribution < 1.29 is 4.39 Å². The van der Waals surface area contributed by atoms with Gasteiger partial charge in [0.1, 0.15) is 12.1 Å². The van der Waals surface area contributed by atoms with E-state index in [9.17, 15) is 0 Å². The van der Waals surface area contributed by atoms with Crippen molar-refractivity contribution in [2.45, 2.75) is 38.6 Å². The summed E-state index contributed by atoms with van der Waals surface area (Å²) in [6, 6.07) is 5.95. The molecule has 2 bridgehead atoms. The molecule has 1 saturated heterocycles. The minimum atomic E-state index is -0.252. The standard InChI is InChI=1S/C26H30FN9S/c1-15-13-37-23-22(15)29-14-30-24(23)36-25(28)32-26(33-36)31-18-4-5-20(19(27)12-18)34-6-8-35(9-7-34)21-11-16-2-3-17(21)10-16/h4-5,12-14,16-17,21H,2-3,6-11H2,1H3,(H3,28,31,32,33)/t16-,17+,21+/m1/s1. The maximum absolute atomic E-state index is 15.2. The van der Waals surface area contributed by atoms with Crippen LogP contribution in [0.4, 0.5) is 27.7 Å². The molecule has 0 radical (unpaired) electrons. The van der Waals surface area contributed by atoms with E-state index in [-0.39, 0.29) is 17.7 Å². The number of anilines is 4. The number of hydrogen-bond acceptors (Lipinski definition) is 9. The second kappa shape index (κ2) is 8.91. The van der Waals surface area contributed by atoms with Gasteiger partial charge >= 0.3 is 0 Å². The Labute approximate surface area is 218 Å². The summed E-state index contributed by atoms with van der Waals surface area (Å²) >= 11 is 1.54. The van der Waals surface area contributed by atoms with Crippen LogP contribution in [0.2, 0.25) is 0 Å². The van der Waals surface area contributed by atoms with Crippen LogP contribution in [0, 0.1) is 24.6 Å². The molecule has 3 fully saturated rings. The maximum atomic E-state index is 15.2. The Morgan fingerprint density at radius 1 is 1.11 bits per heavy atom. The second-order valence-corrected chi connectivity index (χ2v) is 11.4. The van der Waals surface area contributed by atoms with Crippen LogP contribution in [-0.4, -0.2) is 61.9 Å². The van der Waals surface area contributed by atoms with Gasteiger partial charge in [0.15, 0.2) is 5.82 Å². The Bertz CT molecular complexity index is 1460. The van der Waals surface area contributed by atoms with Crippen molar-refractivity contribution in [3.8, 4) is 5.82 Å². The average molecular weight is 520 g/mol. The van der Waals surface area contributed by atoms with Gasteiger partial charge in [-0.1, -0.05) is 6.42 Å². The molecule has 4 aromatic rings. The highest BCUT2D eigenvalue weighted by molar-refractivity contribution is 7.17. The van der Waals surface area contributed by atoms with Crippen LogP contribution in [0.15, 0.2) is 29.9 Å². The maximum Gasteiger partial charge on any atom is 0.248 e. The van der Waals surface area contributed by atoms with Crippen molar-refractivity contribution in [2.24, 2.45) is 11.8 Å². The van der Waals surface area contributed by atoms with Gasteiger partial charge in [-0.25, -0.2) is 14.4 Å². The van der Waals surface area contributed by atoms with E-state index in [1.165, 1.54) is 54.1 Å². The number of benzene rings is 1. The van der Waals surface area contributed by atoms with Crippen molar-refractivity contribution >= 4 is 44.8 Å². The number of hydrogen-bond donors (Lipinski definition) is 2. The third-order valence-electron chi connectivity index (χ3n) is 8.37. The molecule has 0 amide bonds. The predicted molar refractivity (Wildman–Crippen MR) is 144 cm³/mol. The molecule has 3 aliphatic rings. The normalized spacial score (nSPS) is 23.8. The first-order valence-electron chi connectivity index (χ1n) is 13.0. The number of fused-ring (bicyclic) bond motifs is 3. The Kier molecular flexibility index (Phi) is 5.51. The lowest BCUT2D eigenvalue weighted by Crippen LogP contribution is -2.52. The molecule has 0 unspecified atom stereocenters. The number of halogens is 1. The number of rotatable bonds is 5. The number of aryl methyl sites for hydroxylation is 1. The number of aromatic nitrogens is 5. The highest BCUT2D eigenvalue weighted by atomic mass is 32.1. The Hall–Kier alpha value is -3.31. The van der Waals surface area contributed by atoms with Gasteiger partial charge < -0.3 is 16.0 Å². The average Bonchev–Trinajstić information content (AvgIpc) is 3.69. The third-order valence-corrected chi connectivity index (χ3v) is 9.46. The van der Waals surface area contributed by atoms with E-state index in [1.54, 1.807) is 0 Å². The van der Waals surface area contributed by atoms with Crippen LogP contribution in [-0.2, 0) is 0 Å². The first-order chi connectivity index (χ1) is 18.0. The van der Waals surface area contributed by atoms with Crippen molar-refractivity contribution in [1.29, 1.82) is 0 Å². The second-order valence-electron chi connectivity index (χ2n) is 10.6. The minimum absolute atomic E-state index is 0.194. The summed E-state index contributed by atoms with van der Waals surface area (Å²) in [5.74, 6) is 2.64. The Balaban J connectivity index is 1.04. The van der Waals surface area contributed by atoms with E-state index in [0.717, 1.165) is 59.8 Å². The Morgan fingerprint density at radius 2 is 1.97 bits per heavy atom. The van der Waals surface area contributed by atoms with E-state index in [1.807, 2.05) is 24.4 Å². The minimum Gasteiger partial charge on any atom is -0.368 e. The van der Waals surface area contributed by atoms with Crippen LogP contribution in [0.5, 0.6) is 0 Å². The molecule has 192 valence electrons. The topological polar surface area (TPSA) is 101 Å². The van der Waals surface area contributed by atoms with Gasteiger partial charge in [0.2, 0.25) is 11.9 Å². The number of nitrogens with one attached hydrogen (secondary N) is 1. The van der Waals surface area contributed by atoms with Crippen LogP contribution < -0.4 is 16.0 Å². The van der Waals surface area contributed by atoms with E-state index in [4.69, 9.17) is 5.73 Å². The quantitative estimate of drug-likeness (QED) is 0.401. The number of piperazine rings is 1. The molecule has 4 heterocycles. The summed E-state index contributed by atoms with van der Waals surface area (Å²) in [4.78, 5) is 17.9. The first kappa shape index (κ1) is 22.9. The number of nitrogen functional groups attached to an aromatic ring is 1. The molecule has 7 rings (SSSR count). The van der Waals surface area contributed by atoms with Gasteiger partial charge in [0.25, 0.3) is 0 Å². The molecule has 2 saturated carbocycles. The van der Waals surface area contributed by atoms with Crippen LogP contribution in [0.25, 0.3) is 16.0 Å². The zero-order valence-electron chi connectivity index (χ0n) is 20.8. The molecular formula is C26H30FN9S. The van der Waals surface area contributed by atoms with Gasteiger partial charge in [0.05, 0.1) is 15.9 Å². The molecule has 9 nitrogen and oxygen atoms in total. The summed E-state index contributed by atoms with van der Waals surface area (Å²) < 4.78 is 17.6. The van der Waals surface area contributed by atoms with E-state index < -0.39 is 0 Å². The molecule has 3 atom stereocenters. The largest absolute Gasteiger partial charge is 0.368 e. The molecule has 2 aliphatic carbocycles. The predicted octanol–water partition coefficient (Wildman–Crippen LogP) is 4.36. The number of thiophene rings is 1. The first-order valence-corrected chi connectivity index (χ1v) is 13.9. The molecule has 3 aromatic heterocycles. The lowest BCUT2D eigenvalue weighted by atomic mass is 9.93. The van der Waals surface area contributed by atoms with Gasteiger partial charge in [0, 0.05) is 37.9 Å². The van der Waals surface area contributed by atoms with Gasteiger partial charge in [-0.05, 0) is 67.2 Å². The molecule has 3 N–H and O–H groups in total. The fraction of sp³-hybridized carbons (Fsp3) is 0.462. The van der Waals surface area contributed by atoms with E-state index in [2.05, 4.69) is 35.2 Å². The van der Waals surface area contributed by atoms with E-state index >= 15 is 4.39 Å². The molecule has 37 heavy (non-hydrogen) atoms. The molecule has 11 heteroatoms. The number of nitrogens with two attached hydrogens (primary N) is 1. The van der Waals surface area contributed by atoms with E-state index in [0.29, 0.717) is 17.2 Å². The van der Waals surface area contributed by atoms with Gasteiger partial charge in [-0.15, -0.1) is 16.4 Å². The van der Waals surface area contributed by atoms with Crippen molar-refractivity contribution in [3.05, 3.63) is 41.3 Å². The van der Waals surface area contributed by atoms with Crippen LogP contribution in [0.3, 0.4) is 0 Å². The van der Waals surface area contributed by atoms with Crippen LogP contribution >= 0.6 is 11.3 Å². The third kappa shape index (κ3) is 4.00. The number of nitrogens with zero attached hydrogens (tertiary/aromatic N) is 7. The van der Waals surface area contributed by atoms with Gasteiger partial charge in [-0.2, -0.15) is 9.67 Å². The van der Waals surface area contributed by atoms with Crippen molar-refractivity contribution in [2.75, 3.05) is 42.1 Å².